The van der Waals surface area contributed by atoms with Gasteiger partial charge in [-0.15, -0.1) is 10.2 Å². The summed E-state index contributed by atoms with van der Waals surface area (Å²) in [5.41, 5.74) is 6.76. The van der Waals surface area contributed by atoms with Gasteiger partial charge in [-0.25, -0.2) is 0 Å². The molecule has 0 spiro atoms. The summed E-state index contributed by atoms with van der Waals surface area (Å²) in [5.74, 6) is 1.71. The number of fused-ring (bicyclic) bond motifs is 2. The minimum Gasteiger partial charge on any atom is -0.465 e. The highest BCUT2D eigenvalue weighted by atomic mass is 16.7. The average Bonchev–Trinajstić information content (AvgIpc) is 3.81. The maximum absolute atomic E-state index is 13.5. The zero-order chi connectivity index (χ0) is 29.2. The quantitative estimate of drug-likeness (QED) is 0.248. The van der Waals surface area contributed by atoms with Crippen LogP contribution in [0.15, 0.2) is 84.9 Å². The third-order valence-electron chi connectivity index (χ3n) is 7.26. The molecule has 2 aromatic heterocycles. The fourth-order valence-corrected chi connectivity index (χ4v) is 5.24. The van der Waals surface area contributed by atoms with Crippen molar-refractivity contribution in [1.29, 1.82) is 0 Å². The lowest BCUT2D eigenvalue weighted by atomic mass is 9.98. The molecule has 1 amide bonds. The molecule has 3 heterocycles. The van der Waals surface area contributed by atoms with Crippen LogP contribution in [-0.2, 0) is 13.1 Å². The van der Waals surface area contributed by atoms with Gasteiger partial charge in [0.25, 0.3) is 11.9 Å². The third kappa shape index (κ3) is 5.12. The first-order chi connectivity index (χ1) is 21.2. The summed E-state index contributed by atoms with van der Waals surface area (Å²) in [6, 6.07) is 27.8. The molecule has 11 heteroatoms. The SMILES string of the molecule is CCOc1nc2cccc(C(=O)NCc3ccc4c(c3)OCO4)c2n1Cc1ccc(-c2ccccc2-c2nn[nH]n2)cc1. The van der Waals surface area contributed by atoms with E-state index >= 15 is 0 Å². The van der Waals surface area contributed by atoms with Crippen molar-refractivity contribution in [3.63, 3.8) is 0 Å². The number of rotatable bonds is 9. The van der Waals surface area contributed by atoms with Crippen LogP contribution in [0.2, 0.25) is 0 Å². The summed E-state index contributed by atoms with van der Waals surface area (Å²) in [6.07, 6.45) is 0. The Morgan fingerprint density at radius 3 is 2.58 bits per heavy atom. The van der Waals surface area contributed by atoms with Crippen molar-refractivity contribution < 1.29 is 19.0 Å². The molecule has 0 fully saturated rings. The highest BCUT2D eigenvalue weighted by Gasteiger charge is 2.20. The topological polar surface area (TPSA) is 129 Å². The van der Waals surface area contributed by atoms with Gasteiger partial charge < -0.3 is 19.5 Å². The monoisotopic (exact) mass is 573 g/mol. The second kappa shape index (κ2) is 11.3. The molecule has 1 aliphatic heterocycles. The smallest absolute Gasteiger partial charge is 0.297 e. The van der Waals surface area contributed by atoms with E-state index in [1.54, 1.807) is 0 Å². The van der Waals surface area contributed by atoms with Gasteiger partial charge in [0.1, 0.15) is 0 Å². The Bertz CT molecular complexity index is 1920. The van der Waals surface area contributed by atoms with Gasteiger partial charge in [0.15, 0.2) is 11.5 Å². The van der Waals surface area contributed by atoms with Gasteiger partial charge >= 0.3 is 0 Å². The molecule has 11 nitrogen and oxygen atoms in total. The fourth-order valence-electron chi connectivity index (χ4n) is 5.24. The van der Waals surface area contributed by atoms with Crippen LogP contribution in [0.25, 0.3) is 33.5 Å². The molecular weight excluding hydrogens is 546 g/mol. The second-order valence-corrected chi connectivity index (χ2v) is 9.94. The van der Waals surface area contributed by atoms with E-state index < -0.39 is 0 Å². The summed E-state index contributed by atoms with van der Waals surface area (Å²) in [6.45, 7) is 3.37. The Morgan fingerprint density at radius 2 is 1.77 bits per heavy atom. The van der Waals surface area contributed by atoms with Gasteiger partial charge in [0.2, 0.25) is 12.6 Å². The number of carbonyl (C=O) groups excluding carboxylic acids is 1. The molecule has 43 heavy (non-hydrogen) atoms. The molecule has 0 saturated heterocycles. The standard InChI is InChI=1S/C32H27N7O4/c1-2-41-32-34-26-9-5-8-25(31(40)33-17-21-12-15-27-28(16-21)43-19-42-27)29(26)39(32)18-20-10-13-22(14-11-20)23-6-3-4-7-24(23)30-35-37-38-36-30/h3-16H,2,17-19H2,1H3,(H,33,40)(H,35,36,37,38). The molecule has 1 aliphatic rings. The number of aromatic amines is 1. The highest BCUT2D eigenvalue weighted by Crippen LogP contribution is 2.33. The van der Waals surface area contributed by atoms with Crippen LogP contribution < -0.4 is 19.5 Å². The average molecular weight is 574 g/mol. The van der Waals surface area contributed by atoms with Crippen LogP contribution in [0.3, 0.4) is 0 Å². The Morgan fingerprint density at radius 1 is 0.953 bits per heavy atom. The summed E-state index contributed by atoms with van der Waals surface area (Å²) in [4.78, 5) is 18.2. The lowest BCUT2D eigenvalue weighted by Crippen LogP contribution is -2.23. The van der Waals surface area contributed by atoms with E-state index in [2.05, 4.69) is 50.2 Å². The Hall–Kier alpha value is -5.71. The first-order valence-corrected chi connectivity index (χ1v) is 13.9. The van der Waals surface area contributed by atoms with Gasteiger partial charge in [0, 0.05) is 12.1 Å². The number of nitrogens with zero attached hydrogens (tertiary/aromatic N) is 5. The number of hydrogen-bond donors (Lipinski definition) is 2. The van der Waals surface area contributed by atoms with Gasteiger partial charge in [0.05, 0.1) is 29.7 Å². The number of benzene rings is 4. The number of hydrogen-bond acceptors (Lipinski definition) is 8. The van der Waals surface area contributed by atoms with Crippen molar-refractivity contribution >= 4 is 16.9 Å². The molecule has 0 aliphatic carbocycles. The zero-order valence-corrected chi connectivity index (χ0v) is 23.3. The molecule has 0 saturated carbocycles. The molecule has 0 bridgehead atoms. The number of ether oxygens (including phenoxy) is 3. The van der Waals surface area contributed by atoms with Crippen molar-refractivity contribution in [2.75, 3.05) is 13.4 Å². The number of imidazole rings is 1. The van der Waals surface area contributed by atoms with Crippen molar-refractivity contribution in [3.8, 4) is 40.0 Å². The number of aromatic nitrogens is 6. The largest absolute Gasteiger partial charge is 0.465 e. The van der Waals surface area contributed by atoms with Crippen LogP contribution >= 0.6 is 0 Å². The molecule has 6 aromatic rings. The molecule has 0 atom stereocenters. The second-order valence-electron chi connectivity index (χ2n) is 9.94. The van der Waals surface area contributed by atoms with Crippen LogP contribution in [0.1, 0.15) is 28.4 Å². The normalized spacial score (nSPS) is 12.0. The number of amides is 1. The number of tetrazole rings is 1. The molecular formula is C32H27N7O4. The number of carbonyl (C=O) groups is 1. The third-order valence-corrected chi connectivity index (χ3v) is 7.26. The lowest BCUT2D eigenvalue weighted by molar-refractivity contribution is 0.0952. The molecule has 7 rings (SSSR count). The summed E-state index contributed by atoms with van der Waals surface area (Å²) < 4.78 is 18.7. The van der Waals surface area contributed by atoms with E-state index in [0.717, 1.165) is 27.8 Å². The van der Waals surface area contributed by atoms with Crippen LogP contribution in [0.5, 0.6) is 17.5 Å². The first-order valence-electron chi connectivity index (χ1n) is 13.9. The van der Waals surface area contributed by atoms with Gasteiger partial charge in [-0.3, -0.25) is 9.36 Å². The zero-order valence-electron chi connectivity index (χ0n) is 23.3. The molecule has 2 N–H and O–H groups in total. The summed E-state index contributed by atoms with van der Waals surface area (Å²) in [7, 11) is 0. The molecule has 214 valence electrons. The molecule has 0 radical (unpaired) electrons. The Balaban J connectivity index is 1.17. The number of para-hydroxylation sites is 1. The predicted octanol–water partition coefficient (Wildman–Crippen LogP) is 4.99. The predicted molar refractivity (Wildman–Crippen MR) is 159 cm³/mol. The van der Waals surface area contributed by atoms with Gasteiger partial charge in [-0.05, 0) is 58.7 Å². The number of H-pyrrole nitrogens is 1. The first kappa shape index (κ1) is 26.2. The molecule has 4 aromatic carbocycles. The summed E-state index contributed by atoms with van der Waals surface area (Å²) in [5, 5.41) is 17.6. The minimum absolute atomic E-state index is 0.204. The van der Waals surface area contributed by atoms with Crippen LogP contribution in [0.4, 0.5) is 0 Å². The van der Waals surface area contributed by atoms with Crippen LogP contribution in [0, 0.1) is 0 Å². The Kier molecular flexibility index (Phi) is 6.88. The van der Waals surface area contributed by atoms with E-state index in [9.17, 15) is 4.79 Å². The van der Waals surface area contributed by atoms with Crippen molar-refractivity contribution in [1.82, 2.24) is 35.5 Å². The maximum atomic E-state index is 13.5. The van der Waals surface area contributed by atoms with E-state index in [1.807, 2.05) is 72.2 Å². The fraction of sp³-hybridized carbons (Fsp3) is 0.156. The maximum Gasteiger partial charge on any atom is 0.297 e. The van der Waals surface area contributed by atoms with Gasteiger partial charge in [-0.2, -0.15) is 10.2 Å². The lowest BCUT2D eigenvalue weighted by Gasteiger charge is -2.13. The molecule has 0 unspecified atom stereocenters. The van der Waals surface area contributed by atoms with E-state index in [4.69, 9.17) is 19.2 Å². The van der Waals surface area contributed by atoms with Crippen molar-refractivity contribution in [2.45, 2.75) is 20.0 Å². The van der Waals surface area contributed by atoms with Crippen molar-refractivity contribution in [3.05, 3.63) is 102 Å². The van der Waals surface area contributed by atoms with E-state index in [1.165, 1.54) is 0 Å². The highest BCUT2D eigenvalue weighted by molar-refractivity contribution is 6.05. The van der Waals surface area contributed by atoms with Crippen LogP contribution in [-0.4, -0.2) is 49.5 Å². The Labute approximate surface area is 246 Å². The minimum atomic E-state index is -0.208. The van der Waals surface area contributed by atoms with E-state index in [0.29, 0.717) is 59.6 Å². The number of nitrogens with one attached hydrogen (secondary N) is 2. The van der Waals surface area contributed by atoms with E-state index in [-0.39, 0.29) is 12.7 Å². The van der Waals surface area contributed by atoms with Gasteiger partial charge in [-0.1, -0.05) is 60.7 Å². The van der Waals surface area contributed by atoms with Crippen molar-refractivity contribution in [2.24, 2.45) is 0 Å². The summed E-state index contributed by atoms with van der Waals surface area (Å²) >= 11 is 0.